The molecule has 3 aliphatic rings. The van der Waals surface area contributed by atoms with Gasteiger partial charge in [-0.3, -0.25) is 0 Å². The molecule has 1 aromatic carbocycles. The van der Waals surface area contributed by atoms with Gasteiger partial charge in [-0.15, -0.1) is 0 Å². The van der Waals surface area contributed by atoms with Gasteiger partial charge in [0.25, 0.3) is 0 Å². The van der Waals surface area contributed by atoms with Crippen molar-refractivity contribution in [2.45, 2.75) is 69.6 Å². The summed E-state index contributed by atoms with van der Waals surface area (Å²) in [5.74, 6) is 0.736. The van der Waals surface area contributed by atoms with Crippen LogP contribution in [0.15, 0.2) is 24.3 Å². The van der Waals surface area contributed by atoms with E-state index in [0.29, 0.717) is 6.10 Å². The summed E-state index contributed by atoms with van der Waals surface area (Å²) in [6, 6.07) is 8.80. The highest BCUT2D eigenvalue weighted by atomic mass is 16.5. The number of ether oxygens (including phenoxy) is 1. The zero-order chi connectivity index (χ0) is 16.7. The Morgan fingerprint density at radius 1 is 1.17 bits per heavy atom. The van der Waals surface area contributed by atoms with Crippen LogP contribution in [-0.4, -0.2) is 24.8 Å². The molecule has 0 aromatic heterocycles. The van der Waals surface area contributed by atoms with Crippen LogP contribution in [0.25, 0.3) is 0 Å². The lowest BCUT2D eigenvalue weighted by molar-refractivity contribution is -0.00918. The Balaban J connectivity index is 1.36. The van der Waals surface area contributed by atoms with E-state index in [-0.39, 0.29) is 23.5 Å². The van der Waals surface area contributed by atoms with Crippen molar-refractivity contribution in [1.29, 1.82) is 0 Å². The van der Waals surface area contributed by atoms with E-state index in [0.717, 1.165) is 31.8 Å². The van der Waals surface area contributed by atoms with Crippen LogP contribution in [0.3, 0.4) is 0 Å². The van der Waals surface area contributed by atoms with Crippen molar-refractivity contribution in [3.05, 3.63) is 35.4 Å². The van der Waals surface area contributed by atoms with Crippen LogP contribution in [0.2, 0.25) is 0 Å². The lowest BCUT2D eigenvalue weighted by Crippen LogP contribution is -2.47. The molecule has 4 nitrogen and oxygen atoms in total. The first-order chi connectivity index (χ1) is 11.5. The molecule has 130 valence electrons. The fraction of sp³-hybridized carbons (Fsp3) is 0.650. The molecule has 3 unspecified atom stereocenters. The van der Waals surface area contributed by atoms with Gasteiger partial charge in [0.1, 0.15) is 0 Å². The van der Waals surface area contributed by atoms with Gasteiger partial charge in [0, 0.05) is 12.6 Å². The van der Waals surface area contributed by atoms with Crippen LogP contribution < -0.4 is 10.6 Å². The predicted octanol–water partition coefficient (Wildman–Crippen LogP) is 3.67. The monoisotopic (exact) mass is 328 g/mol. The maximum Gasteiger partial charge on any atom is 0.315 e. The maximum absolute atomic E-state index is 12.5. The van der Waals surface area contributed by atoms with Crippen LogP contribution in [0, 0.1) is 5.92 Å². The minimum atomic E-state index is -0.0334. The minimum Gasteiger partial charge on any atom is -0.378 e. The Morgan fingerprint density at radius 3 is 2.75 bits per heavy atom. The molecule has 2 N–H and O–H groups in total. The number of carbonyl (C=O) groups excluding carboxylic acids is 1. The van der Waals surface area contributed by atoms with Crippen molar-refractivity contribution >= 4 is 6.03 Å². The third kappa shape index (κ3) is 3.16. The lowest BCUT2D eigenvalue weighted by Gasteiger charge is -2.30. The molecule has 1 saturated carbocycles. The second-order valence-electron chi connectivity index (χ2n) is 8.31. The molecular formula is C20H28N2O2. The summed E-state index contributed by atoms with van der Waals surface area (Å²) in [7, 11) is 0. The third-order valence-corrected chi connectivity index (χ3v) is 5.88. The van der Waals surface area contributed by atoms with Crippen LogP contribution in [0.1, 0.15) is 63.1 Å². The van der Waals surface area contributed by atoms with Crippen molar-refractivity contribution in [3.8, 4) is 0 Å². The van der Waals surface area contributed by atoms with Gasteiger partial charge in [-0.05, 0) is 54.6 Å². The third-order valence-electron chi connectivity index (χ3n) is 5.88. The highest BCUT2D eigenvalue weighted by Gasteiger charge is 2.38. The number of amides is 2. The summed E-state index contributed by atoms with van der Waals surface area (Å²) < 4.78 is 5.85. The van der Waals surface area contributed by atoms with Crippen LogP contribution in [0.4, 0.5) is 4.79 Å². The molecule has 1 aromatic rings. The smallest absolute Gasteiger partial charge is 0.315 e. The second-order valence-corrected chi connectivity index (χ2v) is 8.31. The zero-order valence-corrected chi connectivity index (χ0v) is 14.7. The molecule has 2 aliphatic carbocycles. The maximum atomic E-state index is 12.5. The van der Waals surface area contributed by atoms with E-state index in [1.807, 2.05) is 0 Å². The summed E-state index contributed by atoms with van der Waals surface area (Å²) in [5, 5.41) is 6.39. The summed E-state index contributed by atoms with van der Waals surface area (Å²) >= 11 is 0. The van der Waals surface area contributed by atoms with Gasteiger partial charge in [0.15, 0.2) is 0 Å². The molecule has 2 fully saturated rings. The number of nitrogens with one attached hydrogen (secondary N) is 2. The number of hydrogen-bond donors (Lipinski definition) is 2. The molecule has 0 spiro atoms. The predicted molar refractivity (Wildman–Crippen MR) is 94.0 cm³/mol. The van der Waals surface area contributed by atoms with Crippen molar-refractivity contribution in [1.82, 2.24) is 10.6 Å². The average molecular weight is 328 g/mol. The van der Waals surface area contributed by atoms with Gasteiger partial charge < -0.3 is 15.4 Å². The largest absolute Gasteiger partial charge is 0.378 e. The van der Waals surface area contributed by atoms with Gasteiger partial charge >= 0.3 is 6.03 Å². The molecule has 0 bridgehead atoms. The van der Waals surface area contributed by atoms with E-state index in [4.69, 9.17) is 4.74 Å². The summed E-state index contributed by atoms with van der Waals surface area (Å²) in [6.45, 7) is 5.28. The molecule has 1 saturated heterocycles. The quantitative estimate of drug-likeness (QED) is 0.889. The Bertz CT molecular complexity index is 624. The van der Waals surface area contributed by atoms with Crippen molar-refractivity contribution in [2.24, 2.45) is 5.92 Å². The minimum absolute atomic E-state index is 0.0334. The first-order valence-corrected chi connectivity index (χ1v) is 9.31. The fourth-order valence-electron chi connectivity index (χ4n) is 4.42. The SMILES string of the molecule is CC1(C)CC(NC(=O)NC2CCOC(C3CC3)C2)c2ccccc21. The van der Waals surface area contributed by atoms with Gasteiger partial charge in [0.2, 0.25) is 0 Å². The standard InChI is InChI=1S/C20H28N2O2/c1-20(2)12-17(15-5-3-4-6-16(15)20)22-19(23)21-14-9-10-24-18(11-14)13-7-8-13/h3-6,13-14,17-18H,7-12H2,1-2H3,(H2,21,22,23). The van der Waals surface area contributed by atoms with Crippen LogP contribution >= 0.6 is 0 Å². The van der Waals surface area contributed by atoms with Gasteiger partial charge in [-0.1, -0.05) is 38.1 Å². The Morgan fingerprint density at radius 2 is 1.96 bits per heavy atom. The molecule has 3 atom stereocenters. The lowest BCUT2D eigenvalue weighted by atomic mass is 9.86. The Kier molecular flexibility index (Phi) is 4.03. The number of carbonyl (C=O) groups is 1. The fourth-order valence-corrected chi connectivity index (χ4v) is 4.42. The van der Waals surface area contributed by atoms with Crippen LogP contribution in [0.5, 0.6) is 0 Å². The molecule has 2 amide bonds. The molecule has 4 heteroatoms. The highest BCUT2D eigenvalue weighted by molar-refractivity contribution is 5.75. The molecular weight excluding hydrogens is 300 g/mol. The van der Waals surface area contributed by atoms with E-state index >= 15 is 0 Å². The van der Waals surface area contributed by atoms with E-state index in [1.165, 1.54) is 24.0 Å². The van der Waals surface area contributed by atoms with Crippen molar-refractivity contribution < 1.29 is 9.53 Å². The van der Waals surface area contributed by atoms with E-state index in [2.05, 4.69) is 48.7 Å². The van der Waals surface area contributed by atoms with Crippen molar-refractivity contribution in [2.75, 3.05) is 6.61 Å². The van der Waals surface area contributed by atoms with Gasteiger partial charge in [0.05, 0.1) is 12.1 Å². The topological polar surface area (TPSA) is 50.4 Å². The normalized spacial score (nSPS) is 31.3. The molecule has 4 rings (SSSR count). The average Bonchev–Trinajstić information content (AvgIpc) is 3.36. The first-order valence-electron chi connectivity index (χ1n) is 9.31. The van der Waals surface area contributed by atoms with E-state index in [9.17, 15) is 4.79 Å². The first kappa shape index (κ1) is 15.9. The Hall–Kier alpha value is -1.55. The summed E-state index contributed by atoms with van der Waals surface area (Å²) in [4.78, 5) is 12.5. The second kappa shape index (κ2) is 6.07. The molecule has 24 heavy (non-hydrogen) atoms. The number of urea groups is 1. The van der Waals surface area contributed by atoms with E-state index in [1.54, 1.807) is 0 Å². The summed E-state index contributed by atoms with van der Waals surface area (Å²) in [6.07, 6.45) is 5.77. The molecule has 1 heterocycles. The highest BCUT2D eigenvalue weighted by Crippen LogP contribution is 2.44. The summed E-state index contributed by atoms with van der Waals surface area (Å²) in [5.41, 5.74) is 2.74. The van der Waals surface area contributed by atoms with Gasteiger partial charge in [-0.2, -0.15) is 0 Å². The number of benzene rings is 1. The number of fused-ring (bicyclic) bond motifs is 1. The van der Waals surface area contributed by atoms with E-state index < -0.39 is 0 Å². The Labute approximate surface area is 144 Å². The number of rotatable bonds is 3. The van der Waals surface area contributed by atoms with Gasteiger partial charge in [-0.25, -0.2) is 4.79 Å². The molecule has 0 radical (unpaired) electrons. The number of hydrogen-bond acceptors (Lipinski definition) is 2. The molecule has 1 aliphatic heterocycles. The van der Waals surface area contributed by atoms with Crippen molar-refractivity contribution in [3.63, 3.8) is 0 Å². The zero-order valence-electron chi connectivity index (χ0n) is 14.7. The van der Waals surface area contributed by atoms with Crippen LogP contribution in [-0.2, 0) is 10.2 Å².